The number of halogens is 1. The second-order valence-corrected chi connectivity index (χ2v) is 5.13. The third-order valence-electron chi connectivity index (χ3n) is 2.32. The molecule has 1 rings (SSSR count). The van der Waals surface area contributed by atoms with E-state index in [0.29, 0.717) is 29.9 Å². The molecular formula is C12H21ClN4O. The molecule has 0 saturated carbocycles. The van der Waals surface area contributed by atoms with Crippen LogP contribution < -0.4 is 10.2 Å². The minimum atomic E-state index is -0.803. The monoisotopic (exact) mass is 272 g/mol. The zero-order valence-corrected chi connectivity index (χ0v) is 12.1. The molecule has 0 aliphatic heterocycles. The maximum atomic E-state index is 9.90. The Kier molecular flexibility index (Phi) is 5.16. The highest BCUT2D eigenvalue weighted by molar-refractivity contribution is 6.32. The highest BCUT2D eigenvalue weighted by atomic mass is 35.5. The molecule has 0 amide bonds. The van der Waals surface area contributed by atoms with Gasteiger partial charge in [0.05, 0.1) is 11.8 Å². The number of aliphatic hydroxyl groups is 1. The maximum Gasteiger partial charge on any atom is 0.224 e. The molecule has 6 heteroatoms. The smallest absolute Gasteiger partial charge is 0.224 e. The second-order valence-electron chi connectivity index (χ2n) is 4.72. The van der Waals surface area contributed by atoms with Gasteiger partial charge in [-0.05, 0) is 27.7 Å². The summed E-state index contributed by atoms with van der Waals surface area (Å²) in [7, 11) is 0. The van der Waals surface area contributed by atoms with Crippen LogP contribution in [0.1, 0.15) is 27.7 Å². The summed E-state index contributed by atoms with van der Waals surface area (Å²) in [6.45, 7) is 9.42. The van der Waals surface area contributed by atoms with Crippen LogP contribution in [0.15, 0.2) is 6.20 Å². The molecule has 0 radical (unpaired) electrons. The Labute approximate surface area is 113 Å². The number of nitrogens with zero attached hydrogens (tertiary/aromatic N) is 3. The largest absolute Gasteiger partial charge is 0.389 e. The van der Waals surface area contributed by atoms with Gasteiger partial charge in [-0.25, -0.2) is 4.98 Å². The Bertz CT molecular complexity index is 392. The normalized spacial score (nSPS) is 11.4. The average Bonchev–Trinajstić information content (AvgIpc) is 2.28. The van der Waals surface area contributed by atoms with Crippen molar-refractivity contribution in [2.45, 2.75) is 33.3 Å². The van der Waals surface area contributed by atoms with Crippen molar-refractivity contribution in [3.63, 3.8) is 0 Å². The second kappa shape index (κ2) is 6.20. The van der Waals surface area contributed by atoms with Crippen LogP contribution in [0.4, 0.5) is 11.8 Å². The lowest BCUT2D eigenvalue weighted by molar-refractivity contribution is 0.0874. The summed E-state index contributed by atoms with van der Waals surface area (Å²) in [4.78, 5) is 10.4. The van der Waals surface area contributed by atoms with E-state index in [-0.39, 0.29) is 0 Å². The molecule has 0 bridgehead atoms. The van der Waals surface area contributed by atoms with Crippen molar-refractivity contribution in [2.75, 3.05) is 29.9 Å². The average molecular weight is 273 g/mol. The fourth-order valence-corrected chi connectivity index (χ4v) is 1.84. The van der Waals surface area contributed by atoms with E-state index in [9.17, 15) is 5.11 Å². The molecule has 0 saturated heterocycles. The van der Waals surface area contributed by atoms with E-state index < -0.39 is 5.60 Å². The number of likely N-dealkylation sites (N-methyl/N-ethyl adjacent to an activating group) is 1. The first-order valence-electron chi connectivity index (χ1n) is 6.11. The predicted molar refractivity (Wildman–Crippen MR) is 75.4 cm³/mol. The van der Waals surface area contributed by atoms with Gasteiger partial charge in [0, 0.05) is 19.6 Å². The molecule has 2 N–H and O–H groups in total. The fraction of sp³-hybridized carbons (Fsp3) is 0.667. The molecule has 0 unspecified atom stereocenters. The van der Waals surface area contributed by atoms with E-state index in [0.717, 1.165) is 6.54 Å². The molecule has 0 aliphatic rings. The lowest BCUT2D eigenvalue weighted by Crippen LogP contribution is -2.39. The van der Waals surface area contributed by atoms with Gasteiger partial charge >= 0.3 is 0 Å². The molecule has 18 heavy (non-hydrogen) atoms. The van der Waals surface area contributed by atoms with Gasteiger partial charge in [0.25, 0.3) is 0 Å². The predicted octanol–water partition coefficient (Wildman–Crippen LogP) is 2.16. The number of aromatic nitrogens is 2. The van der Waals surface area contributed by atoms with Gasteiger partial charge in [-0.2, -0.15) is 4.98 Å². The highest BCUT2D eigenvalue weighted by Crippen LogP contribution is 2.24. The molecule has 0 fully saturated rings. The minimum Gasteiger partial charge on any atom is -0.389 e. The van der Waals surface area contributed by atoms with Crippen molar-refractivity contribution in [1.82, 2.24) is 9.97 Å². The number of hydrogen-bond acceptors (Lipinski definition) is 5. The van der Waals surface area contributed by atoms with Gasteiger partial charge in [-0.3, -0.25) is 0 Å². The first kappa shape index (κ1) is 15.0. The van der Waals surface area contributed by atoms with Crippen LogP contribution in [-0.2, 0) is 0 Å². The van der Waals surface area contributed by atoms with Crippen LogP contribution in [0, 0.1) is 0 Å². The van der Waals surface area contributed by atoms with Crippen molar-refractivity contribution < 1.29 is 5.11 Å². The van der Waals surface area contributed by atoms with Crippen molar-refractivity contribution in [1.29, 1.82) is 0 Å². The Morgan fingerprint density at radius 2 is 2.11 bits per heavy atom. The summed E-state index contributed by atoms with van der Waals surface area (Å²) in [6, 6.07) is 0. The maximum absolute atomic E-state index is 9.90. The molecule has 0 spiro atoms. The Balaban J connectivity index is 3.00. The van der Waals surface area contributed by atoms with Crippen LogP contribution in [0.3, 0.4) is 0 Å². The highest BCUT2D eigenvalue weighted by Gasteiger charge is 2.20. The van der Waals surface area contributed by atoms with Gasteiger partial charge < -0.3 is 15.3 Å². The van der Waals surface area contributed by atoms with Crippen LogP contribution in [0.5, 0.6) is 0 Å². The van der Waals surface area contributed by atoms with Gasteiger partial charge in [0.1, 0.15) is 5.02 Å². The van der Waals surface area contributed by atoms with E-state index in [1.165, 1.54) is 0 Å². The number of rotatable bonds is 6. The van der Waals surface area contributed by atoms with E-state index in [1.54, 1.807) is 20.0 Å². The van der Waals surface area contributed by atoms with Crippen LogP contribution in [0.25, 0.3) is 0 Å². The summed E-state index contributed by atoms with van der Waals surface area (Å²) >= 11 is 6.12. The number of anilines is 2. The molecular weight excluding hydrogens is 252 g/mol. The van der Waals surface area contributed by atoms with Gasteiger partial charge in [-0.1, -0.05) is 11.6 Å². The van der Waals surface area contributed by atoms with Gasteiger partial charge in [0.15, 0.2) is 5.82 Å². The summed E-state index contributed by atoms with van der Waals surface area (Å²) in [5.74, 6) is 1.19. The topological polar surface area (TPSA) is 61.3 Å². The molecule has 0 atom stereocenters. The fourth-order valence-electron chi connectivity index (χ4n) is 1.63. The quantitative estimate of drug-likeness (QED) is 0.831. The molecule has 0 aliphatic carbocycles. The zero-order valence-electron chi connectivity index (χ0n) is 11.4. The Hall–Kier alpha value is -1.07. The Morgan fingerprint density at radius 1 is 1.44 bits per heavy atom. The van der Waals surface area contributed by atoms with E-state index in [1.807, 2.05) is 18.7 Å². The summed E-state index contributed by atoms with van der Waals surface area (Å²) in [5.41, 5.74) is -0.803. The molecule has 1 aromatic heterocycles. The van der Waals surface area contributed by atoms with Crippen LogP contribution >= 0.6 is 11.6 Å². The third-order valence-corrected chi connectivity index (χ3v) is 2.59. The summed E-state index contributed by atoms with van der Waals surface area (Å²) in [5, 5.41) is 13.4. The standard InChI is InChI=1S/C12H21ClN4O/c1-5-14-11-15-7-9(13)10(16-11)17(6-2)8-12(3,4)18/h7,18H,5-6,8H2,1-4H3,(H,14,15,16). The van der Waals surface area contributed by atoms with Crippen LogP contribution in [-0.4, -0.2) is 40.3 Å². The number of hydrogen-bond donors (Lipinski definition) is 2. The van der Waals surface area contributed by atoms with Crippen molar-refractivity contribution in [3.8, 4) is 0 Å². The summed E-state index contributed by atoms with van der Waals surface area (Å²) < 4.78 is 0. The van der Waals surface area contributed by atoms with Crippen molar-refractivity contribution >= 4 is 23.4 Å². The zero-order chi connectivity index (χ0) is 13.8. The van der Waals surface area contributed by atoms with E-state index >= 15 is 0 Å². The lowest BCUT2D eigenvalue weighted by atomic mass is 10.1. The first-order chi connectivity index (χ1) is 8.37. The first-order valence-corrected chi connectivity index (χ1v) is 6.49. The molecule has 1 heterocycles. The van der Waals surface area contributed by atoms with Crippen molar-refractivity contribution in [2.24, 2.45) is 0 Å². The van der Waals surface area contributed by atoms with E-state index in [4.69, 9.17) is 11.6 Å². The SMILES string of the molecule is CCNc1ncc(Cl)c(N(CC)CC(C)(C)O)n1. The van der Waals surface area contributed by atoms with Gasteiger partial charge in [0.2, 0.25) is 5.95 Å². The van der Waals surface area contributed by atoms with Crippen molar-refractivity contribution in [3.05, 3.63) is 11.2 Å². The lowest BCUT2D eigenvalue weighted by Gasteiger charge is -2.29. The Morgan fingerprint density at radius 3 is 2.61 bits per heavy atom. The summed E-state index contributed by atoms with van der Waals surface area (Å²) in [6.07, 6.45) is 1.58. The van der Waals surface area contributed by atoms with Crippen LogP contribution in [0.2, 0.25) is 5.02 Å². The number of nitrogens with one attached hydrogen (secondary N) is 1. The molecule has 1 aromatic rings. The van der Waals surface area contributed by atoms with E-state index in [2.05, 4.69) is 15.3 Å². The molecule has 0 aromatic carbocycles. The molecule has 102 valence electrons. The third kappa shape index (κ3) is 4.31. The minimum absolute atomic E-state index is 0.464. The molecule has 5 nitrogen and oxygen atoms in total. The van der Waals surface area contributed by atoms with Gasteiger partial charge in [-0.15, -0.1) is 0 Å².